The van der Waals surface area contributed by atoms with Gasteiger partial charge in [0.2, 0.25) is 5.50 Å². The molecule has 0 aliphatic carbocycles. The fourth-order valence-electron chi connectivity index (χ4n) is 0.833. The number of ether oxygens (including phenoxy) is 1. The van der Waals surface area contributed by atoms with Crippen LogP contribution in [0.1, 0.15) is 13.3 Å². The smallest absolute Gasteiger partial charge is 0.206 e. The quantitative estimate of drug-likeness (QED) is 0.506. The van der Waals surface area contributed by atoms with E-state index < -0.39 is 5.50 Å². The summed E-state index contributed by atoms with van der Waals surface area (Å²) >= 11 is 1.41. The van der Waals surface area contributed by atoms with Crippen LogP contribution in [0.3, 0.4) is 0 Å². The van der Waals surface area contributed by atoms with Gasteiger partial charge in [0.05, 0.1) is 6.61 Å². The van der Waals surface area contributed by atoms with E-state index in [1.807, 2.05) is 6.92 Å². The van der Waals surface area contributed by atoms with Gasteiger partial charge in [0.1, 0.15) is 5.76 Å². The SMILES string of the molecule is C=C(OCC)C(F)SP1CCC1. The van der Waals surface area contributed by atoms with Crippen molar-refractivity contribution in [2.24, 2.45) is 0 Å². The van der Waals surface area contributed by atoms with Crippen molar-refractivity contribution in [1.29, 1.82) is 0 Å². The molecule has 1 fully saturated rings. The molecular formula is C8H14FOPS. The first-order chi connectivity index (χ1) is 5.74. The lowest BCUT2D eigenvalue weighted by Crippen LogP contribution is -2.07. The molecule has 1 heterocycles. The maximum atomic E-state index is 13.2. The Labute approximate surface area is 78.2 Å². The van der Waals surface area contributed by atoms with Crippen molar-refractivity contribution in [3.63, 3.8) is 0 Å². The van der Waals surface area contributed by atoms with Gasteiger partial charge in [-0.1, -0.05) is 18.0 Å². The second-order valence-electron chi connectivity index (χ2n) is 2.60. The van der Waals surface area contributed by atoms with Crippen LogP contribution in [0.15, 0.2) is 12.3 Å². The molecule has 1 aliphatic rings. The van der Waals surface area contributed by atoms with Gasteiger partial charge in [0.15, 0.2) is 0 Å². The lowest BCUT2D eigenvalue weighted by molar-refractivity contribution is 0.197. The molecule has 70 valence electrons. The Balaban J connectivity index is 2.16. The van der Waals surface area contributed by atoms with Gasteiger partial charge in [0.25, 0.3) is 0 Å². The van der Waals surface area contributed by atoms with E-state index in [-0.39, 0.29) is 12.9 Å². The highest BCUT2D eigenvalue weighted by atomic mass is 32.7. The molecule has 1 rings (SSSR count). The van der Waals surface area contributed by atoms with Crippen molar-refractivity contribution < 1.29 is 9.13 Å². The van der Waals surface area contributed by atoms with E-state index in [0.717, 1.165) is 0 Å². The molecule has 0 saturated carbocycles. The van der Waals surface area contributed by atoms with E-state index in [1.165, 1.54) is 30.1 Å². The third-order valence-electron chi connectivity index (χ3n) is 1.64. The standard InChI is InChI=1S/C8H14FOPS/c1-3-10-7(2)8(9)12-11-5-4-6-11/h8H,2-6H2,1H3. The average Bonchev–Trinajstić information content (AvgIpc) is 1.97. The first-order valence-electron chi connectivity index (χ1n) is 4.11. The molecule has 1 saturated heterocycles. The van der Waals surface area contributed by atoms with Crippen molar-refractivity contribution in [2.75, 3.05) is 18.9 Å². The summed E-state index contributed by atoms with van der Waals surface area (Å²) in [6.45, 7) is 5.90. The van der Waals surface area contributed by atoms with Crippen LogP contribution in [0.2, 0.25) is 0 Å². The molecule has 1 aliphatic heterocycles. The Hall–Kier alpha value is 0.250. The predicted molar refractivity (Wildman–Crippen MR) is 54.5 cm³/mol. The minimum Gasteiger partial charge on any atom is -0.495 e. The van der Waals surface area contributed by atoms with Crippen LogP contribution in [0.5, 0.6) is 0 Å². The zero-order chi connectivity index (χ0) is 8.97. The monoisotopic (exact) mass is 208 g/mol. The molecule has 0 spiro atoms. The maximum absolute atomic E-state index is 13.2. The van der Waals surface area contributed by atoms with Gasteiger partial charge in [-0.05, 0) is 32.8 Å². The van der Waals surface area contributed by atoms with Crippen LogP contribution in [-0.4, -0.2) is 24.4 Å². The van der Waals surface area contributed by atoms with Crippen LogP contribution in [-0.2, 0) is 4.74 Å². The first-order valence-corrected chi connectivity index (χ1v) is 7.31. The first kappa shape index (κ1) is 10.3. The predicted octanol–water partition coefficient (Wildman–Crippen LogP) is 3.37. The number of hydrogen-bond acceptors (Lipinski definition) is 2. The molecule has 12 heavy (non-hydrogen) atoms. The third-order valence-corrected chi connectivity index (χ3v) is 6.56. The van der Waals surface area contributed by atoms with E-state index in [9.17, 15) is 4.39 Å². The third kappa shape index (κ3) is 2.95. The molecule has 0 N–H and O–H groups in total. The molecule has 1 atom stereocenters. The number of alkyl halides is 1. The molecule has 0 aromatic carbocycles. The van der Waals surface area contributed by atoms with Gasteiger partial charge in [-0.2, -0.15) is 0 Å². The lowest BCUT2D eigenvalue weighted by Gasteiger charge is -2.26. The normalized spacial score (nSPS) is 19.8. The van der Waals surface area contributed by atoms with E-state index in [4.69, 9.17) is 4.74 Å². The Kier molecular flexibility index (Phi) is 4.38. The molecule has 0 bridgehead atoms. The number of hydrogen-bond donors (Lipinski definition) is 0. The van der Waals surface area contributed by atoms with Gasteiger partial charge < -0.3 is 4.74 Å². The van der Waals surface area contributed by atoms with Crippen molar-refractivity contribution in [3.05, 3.63) is 12.3 Å². The fraction of sp³-hybridized carbons (Fsp3) is 0.750. The summed E-state index contributed by atoms with van der Waals surface area (Å²) in [5, 5.41) is 0. The Morgan fingerprint density at radius 1 is 1.75 bits per heavy atom. The topological polar surface area (TPSA) is 9.23 Å². The highest BCUT2D eigenvalue weighted by Crippen LogP contribution is 2.60. The number of rotatable bonds is 5. The summed E-state index contributed by atoms with van der Waals surface area (Å²) in [5.41, 5.74) is -1.00. The van der Waals surface area contributed by atoms with Gasteiger partial charge >= 0.3 is 0 Å². The van der Waals surface area contributed by atoms with Crippen LogP contribution in [0.25, 0.3) is 0 Å². The van der Waals surface area contributed by atoms with Gasteiger partial charge in [0, 0.05) is 0 Å². The fourth-order valence-corrected chi connectivity index (χ4v) is 4.61. The largest absolute Gasteiger partial charge is 0.495 e. The average molecular weight is 208 g/mol. The maximum Gasteiger partial charge on any atom is 0.206 e. The van der Waals surface area contributed by atoms with Crippen molar-refractivity contribution in [2.45, 2.75) is 18.8 Å². The Bertz CT molecular complexity index is 161. The minimum atomic E-state index is -1.00. The zero-order valence-corrected chi connectivity index (χ0v) is 8.97. The van der Waals surface area contributed by atoms with Crippen LogP contribution in [0, 0.1) is 0 Å². The Morgan fingerprint density at radius 2 is 2.42 bits per heavy atom. The molecule has 1 nitrogen and oxygen atoms in total. The molecule has 0 aromatic rings. The van der Waals surface area contributed by atoms with Gasteiger partial charge in [-0.25, -0.2) is 4.39 Å². The van der Waals surface area contributed by atoms with E-state index >= 15 is 0 Å². The summed E-state index contributed by atoms with van der Waals surface area (Å²) in [4.78, 5) is 0. The van der Waals surface area contributed by atoms with E-state index in [2.05, 4.69) is 6.58 Å². The minimum absolute atomic E-state index is 0.0795. The number of halogens is 1. The molecule has 4 heteroatoms. The summed E-state index contributed by atoms with van der Waals surface area (Å²) in [6.07, 6.45) is 3.69. The second-order valence-corrected chi connectivity index (χ2v) is 7.27. The highest BCUT2D eigenvalue weighted by Gasteiger charge is 2.24. The van der Waals surface area contributed by atoms with Crippen molar-refractivity contribution in [3.8, 4) is 0 Å². The zero-order valence-electron chi connectivity index (χ0n) is 7.25. The van der Waals surface area contributed by atoms with Crippen LogP contribution < -0.4 is 0 Å². The molecule has 0 radical (unpaired) electrons. The molecule has 1 unspecified atom stereocenters. The summed E-state index contributed by atoms with van der Waals surface area (Å²) < 4.78 is 18.2. The second kappa shape index (κ2) is 5.08. The van der Waals surface area contributed by atoms with E-state index in [1.54, 1.807) is 0 Å². The van der Waals surface area contributed by atoms with E-state index in [0.29, 0.717) is 6.61 Å². The van der Waals surface area contributed by atoms with Gasteiger partial charge in [-0.15, -0.1) is 0 Å². The summed E-state index contributed by atoms with van der Waals surface area (Å²) in [7, 11) is -0.0795. The lowest BCUT2D eigenvalue weighted by atomic mass is 10.5. The summed E-state index contributed by atoms with van der Waals surface area (Å²) in [6, 6.07) is 0. The Morgan fingerprint density at radius 3 is 2.83 bits per heavy atom. The van der Waals surface area contributed by atoms with Crippen LogP contribution in [0.4, 0.5) is 4.39 Å². The highest BCUT2D eigenvalue weighted by molar-refractivity contribution is 8.56. The summed E-state index contributed by atoms with van der Waals surface area (Å²) in [5.74, 6) is 0.289. The molecular weight excluding hydrogens is 194 g/mol. The van der Waals surface area contributed by atoms with Crippen LogP contribution >= 0.6 is 18.5 Å². The molecule has 0 amide bonds. The van der Waals surface area contributed by atoms with Crippen molar-refractivity contribution in [1.82, 2.24) is 0 Å². The van der Waals surface area contributed by atoms with Crippen molar-refractivity contribution >= 4 is 18.5 Å². The van der Waals surface area contributed by atoms with Gasteiger partial charge in [-0.3, -0.25) is 0 Å². The molecule has 0 aromatic heterocycles.